The number of carbonyl (C=O) groups excluding carboxylic acids is 1. The average molecular weight is 539 g/mol. The lowest BCUT2D eigenvalue weighted by atomic mass is 10.2. The lowest BCUT2D eigenvalue weighted by molar-refractivity contribution is 0.0955. The van der Waals surface area contributed by atoms with Crippen LogP contribution < -0.4 is 14.9 Å². The average Bonchev–Trinajstić information content (AvgIpc) is 3.39. The van der Waals surface area contributed by atoms with Crippen LogP contribution in [0.25, 0.3) is 5.69 Å². The molecule has 0 fully saturated rings. The Morgan fingerprint density at radius 1 is 1.09 bits per heavy atom. The number of rotatable bonds is 8. The molecule has 1 aromatic heterocycles. The normalized spacial score (nSPS) is 10.9. The largest absolute Gasteiger partial charge is 0.493 e. The van der Waals surface area contributed by atoms with Crippen LogP contribution in [0.5, 0.6) is 11.5 Å². The highest BCUT2D eigenvalue weighted by Crippen LogP contribution is 2.37. The van der Waals surface area contributed by atoms with Crippen molar-refractivity contribution in [1.82, 2.24) is 9.99 Å². The topological polar surface area (TPSA) is 64.8 Å². The SMILES string of the molecule is COc1cc(/C=N/NC(=O)c2ccc(-n3cccc3)cc2)cc(Br)c1OCc1ccccc1Cl. The van der Waals surface area contributed by atoms with E-state index in [1.54, 1.807) is 25.3 Å². The van der Waals surface area contributed by atoms with Gasteiger partial charge in [0.05, 0.1) is 17.8 Å². The molecule has 172 valence electrons. The Kier molecular flexibility index (Phi) is 7.67. The molecule has 0 aliphatic rings. The number of carbonyl (C=O) groups is 1. The van der Waals surface area contributed by atoms with Gasteiger partial charge in [-0.1, -0.05) is 29.8 Å². The van der Waals surface area contributed by atoms with E-state index < -0.39 is 0 Å². The van der Waals surface area contributed by atoms with Crippen molar-refractivity contribution in [2.45, 2.75) is 6.61 Å². The van der Waals surface area contributed by atoms with Crippen LogP contribution in [0, 0.1) is 0 Å². The summed E-state index contributed by atoms with van der Waals surface area (Å²) in [7, 11) is 1.56. The third kappa shape index (κ3) is 5.68. The van der Waals surface area contributed by atoms with Gasteiger partial charge in [0.1, 0.15) is 6.61 Å². The van der Waals surface area contributed by atoms with Crippen LogP contribution in [0.4, 0.5) is 0 Å². The van der Waals surface area contributed by atoms with Crippen molar-refractivity contribution in [2.75, 3.05) is 7.11 Å². The second-order valence-corrected chi connectivity index (χ2v) is 8.51. The fourth-order valence-electron chi connectivity index (χ4n) is 3.24. The van der Waals surface area contributed by atoms with Crippen LogP contribution in [-0.4, -0.2) is 23.8 Å². The van der Waals surface area contributed by atoms with E-state index in [4.69, 9.17) is 21.1 Å². The van der Waals surface area contributed by atoms with Crippen LogP contribution >= 0.6 is 27.5 Å². The molecule has 0 radical (unpaired) electrons. The van der Waals surface area contributed by atoms with Gasteiger partial charge in [-0.3, -0.25) is 4.79 Å². The fraction of sp³-hybridized carbons (Fsp3) is 0.0769. The van der Waals surface area contributed by atoms with Gasteiger partial charge >= 0.3 is 0 Å². The molecule has 1 N–H and O–H groups in total. The molecule has 4 rings (SSSR count). The summed E-state index contributed by atoms with van der Waals surface area (Å²) in [6.07, 6.45) is 5.43. The van der Waals surface area contributed by atoms with Crippen LogP contribution in [0.15, 0.2) is 94.8 Å². The standard InChI is InChI=1S/C26H21BrClN3O3/c1-33-24-15-18(14-22(27)25(24)34-17-20-6-2-3-7-23(20)28)16-29-30-26(32)19-8-10-21(11-9-19)31-12-4-5-13-31/h2-16H,17H2,1H3,(H,30,32)/b29-16+. The zero-order valence-electron chi connectivity index (χ0n) is 18.2. The van der Waals surface area contributed by atoms with Crippen LogP contribution in [0.1, 0.15) is 21.5 Å². The van der Waals surface area contributed by atoms with Gasteiger partial charge in [-0.05, 0) is 76.1 Å². The molecule has 6 nitrogen and oxygen atoms in total. The Bertz CT molecular complexity index is 1310. The molecule has 0 unspecified atom stereocenters. The van der Waals surface area contributed by atoms with Gasteiger partial charge in [0.2, 0.25) is 0 Å². The van der Waals surface area contributed by atoms with Crippen molar-refractivity contribution < 1.29 is 14.3 Å². The molecule has 0 aliphatic heterocycles. The third-order valence-corrected chi connectivity index (χ3v) is 5.95. The molecular weight excluding hydrogens is 518 g/mol. The first-order valence-electron chi connectivity index (χ1n) is 10.4. The molecule has 0 saturated heterocycles. The molecule has 0 saturated carbocycles. The van der Waals surface area contributed by atoms with Gasteiger partial charge in [-0.2, -0.15) is 5.10 Å². The van der Waals surface area contributed by atoms with Crippen molar-refractivity contribution >= 4 is 39.7 Å². The predicted octanol–water partition coefficient (Wildman–Crippen LogP) is 6.24. The number of amides is 1. The lowest BCUT2D eigenvalue weighted by Gasteiger charge is -2.14. The van der Waals surface area contributed by atoms with Gasteiger partial charge in [0.15, 0.2) is 11.5 Å². The highest BCUT2D eigenvalue weighted by atomic mass is 79.9. The Morgan fingerprint density at radius 2 is 1.82 bits per heavy atom. The number of nitrogens with zero attached hydrogens (tertiary/aromatic N) is 2. The molecule has 1 amide bonds. The maximum atomic E-state index is 12.4. The van der Waals surface area contributed by atoms with E-state index in [1.165, 1.54) is 6.21 Å². The van der Waals surface area contributed by atoms with E-state index in [9.17, 15) is 4.79 Å². The minimum atomic E-state index is -0.305. The van der Waals surface area contributed by atoms with Crippen molar-refractivity contribution in [2.24, 2.45) is 5.10 Å². The van der Waals surface area contributed by atoms with Gasteiger partial charge in [-0.25, -0.2) is 5.43 Å². The summed E-state index contributed by atoms with van der Waals surface area (Å²) >= 11 is 9.73. The molecule has 0 bridgehead atoms. The van der Waals surface area contributed by atoms with Crippen LogP contribution in [-0.2, 0) is 6.61 Å². The smallest absolute Gasteiger partial charge is 0.271 e. The van der Waals surface area contributed by atoms with Crippen molar-refractivity contribution in [3.05, 3.63) is 111 Å². The van der Waals surface area contributed by atoms with Crippen LogP contribution in [0.3, 0.4) is 0 Å². The molecule has 8 heteroatoms. The number of aromatic nitrogens is 1. The number of benzene rings is 3. The van der Waals surface area contributed by atoms with E-state index in [0.29, 0.717) is 33.2 Å². The lowest BCUT2D eigenvalue weighted by Crippen LogP contribution is -2.17. The van der Waals surface area contributed by atoms with Crippen molar-refractivity contribution in [3.8, 4) is 17.2 Å². The Labute approximate surface area is 210 Å². The van der Waals surface area contributed by atoms with Crippen molar-refractivity contribution in [1.29, 1.82) is 0 Å². The number of hydrazone groups is 1. The molecule has 0 aliphatic carbocycles. The molecule has 1 heterocycles. The van der Waals surface area contributed by atoms with Gasteiger partial charge in [-0.15, -0.1) is 0 Å². The first-order chi connectivity index (χ1) is 16.5. The van der Waals surface area contributed by atoms with E-state index in [0.717, 1.165) is 16.8 Å². The molecule has 34 heavy (non-hydrogen) atoms. The zero-order valence-corrected chi connectivity index (χ0v) is 20.6. The summed E-state index contributed by atoms with van der Waals surface area (Å²) in [6.45, 7) is 0.293. The highest BCUT2D eigenvalue weighted by Gasteiger charge is 2.12. The predicted molar refractivity (Wildman–Crippen MR) is 137 cm³/mol. The monoisotopic (exact) mass is 537 g/mol. The van der Waals surface area contributed by atoms with Crippen molar-refractivity contribution in [3.63, 3.8) is 0 Å². The van der Waals surface area contributed by atoms with E-state index in [2.05, 4.69) is 26.5 Å². The molecule has 0 spiro atoms. The number of halogens is 2. The molecule has 4 aromatic rings. The quantitative estimate of drug-likeness (QED) is 0.213. The number of methoxy groups -OCH3 is 1. The summed E-state index contributed by atoms with van der Waals surface area (Å²) in [4.78, 5) is 12.4. The van der Waals surface area contributed by atoms with E-state index >= 15 is 0 Å². The Balaban J connectivity index is 1.41. The molecule has 3 aromatic carbocycles. The van der Waals surface area contributed by atoms with Gasteiger partial charge < -0.3 is 14.0 Å². The first-order valence-corrected chi connectivity index (χ1v) is 11.5. The maximum absolute atomic E-state index is 12.4. The summed E-state index contributed by atoms with van der Waals surface area (Å²) in [5, 5.41) is 4.71. The fourth-order valence-corrected chi connectivity index (χ4v) is 4.01. The second kappa shape index (κ2) is 11.0. The van der Waals surface area contributed by atoms with Gasteiger partial charge in [0, 0.05) is 34.2 Å². The summed E-state index contributed by atoms with van der Waals surface area (Å²) in [5.74, 6) is 0.766. The third-order valence-electron chi connectivity index (χ3n) is 4.99. The number of ether oxygens (including phenoxy) is 2. The highest BCUT2D eigenvalue weighted by molar-refractivity contribution is 9.10. The van der Waals surface area contributed by atoms with Gasteiger partial charge in [0.25, 0.3) is 5.91 Å². The summed E-state index contributed by atoms with van der Waals surface area (Å²) in [6, 6.07) is 22.2. The Morgan fingerprint density at radius 3 is 2.53 bits per heavy atom. The number of hydrogen-bond acceptors (Lipinski definition) is 4. The van der Waals surface area contributed by atoms with E-state index in [-0.39, 0.29) is 5.91 Å². The molecule has 0 atom stereocenters. The Hall–Kier alpha value is -3.55. The zero-order chi connectivity index (χ0) is 23.9. The van der Waals surface area contributed by atoms with E-state index in [1.807, 2.05) is 71.6 Å². The minimum Gasteiger partial charge on any atom is -0.493 e. The second-order valence-electron chi connectivity index (χ2n) is 7.25. The summed E-state index contributed by atoms with van der Waals surface area (Å²) < 4.78 is 14.1. The number of hydrogen-bond donors (Lipinski definition) is 1. The van der Waals surface area contributed by atoms with Crippen LogP contribution in [0.2, 0.25) is 5.02 Å². The molecular formula is C26H21BrClN3O3. The minimum absolute atomic E-state index is 0.293. The maximum Gasteiger partial charge on any atom is 0.271 e. The first kappa shape index (κ1) is 23.6. The number of nitrogens with one attached hydrogen (secondary N) is 1. The summed E-state index contributed by atoms with van der Waals surface area (Å²) in [5.41, 5.74) is 5.62.